The molecule has 0 aliphatic heterocycles. The van der Waals surface area contributed by atoms with E-state index in [0.717, 1.165) is 17.8 Å². The van der Waals surface area contributed by atoms with Gasteiger partial charge in [-0.15, -0.1) is 11.6 Å². The van der Waals surface area contributed by atoms with Gasteiger partial charge in [-0.05, 0) is 12.5 Å². The van der Waals surface area contributed by atoms with E-state index in [0.29, 0.717) is 18.2 Å². The monoisotopic (exact) mass is 277 g/mol. The molecule has 4 heteroatoms. The number of alkyl halides is 1. The van der Waals surface area contributed by atoms with E-state index in [1.807, 2.05) is 41.8 Å². The van der Waals surface area contributed by atoms with Crippen molar-refractivity contribution in [3.05, 3.63) is 64.1 Å². The van der Waals surface area contributed by atoms with Crippen molar-refractivity contribution in [1.29, 1.82) is 0 Å². The summed E-state index contributed by atoms with van der Waals surface area (Å²) in [6.07, 6.45) is 1.73. The molecule has 0 bridgehead atoms. The fourth-order valence-electron chi connectivity index (χ4n) is 1.85. The van der Waals surface area contributed by atoms with E-state index < -0.39 is 0 Å². The highest BCUT2D eigenvalue weighted by Gasteiger charge is 2.06. The Balaban J connectivity index is 2.19. The zero-order valence-corrected chi connectivity index (χ0v) is 11.6. The quantitative estimate of drug-likeness (QED) is 0.786. The Labute approximate surface area is 117 Å². The van der Waals surface area contributed by atoms with Crippen LogP contribution in [0.25, 0.3) is 0 Å². The summed E-state index contributed by atoms with van der Waals surface area (Å²) in [5, 5.41) is 0. The first kappa shape index (κ1) is 13.7. The molecule has 0 unspecified atom stereocenters. The van der Waals surface area contributed by atoms with Gasteiger partial charge in [0.2, 0.25) is 5.43 Å². The molecule has 0 saturated carbocycles. The third-order valence-electron chi connectivity index (χ3n) is 2.90. The number of hydrogen-bond acceptors (Lipinski definition) is 2. The van der Waals surface area contributed by atoms with Crippen LogP contribution in [0.3, 0.4) is 0 Å². The minimum absolute atomic E-state index is 0.128. The molecule has 3 nitrogen and oxygen atoms in total. The lowest BCUT2D eigenvalue weighted by Crippen LogP contribution is -2.14. The SMILES string of the molecule is CCn1cc(OCc2ccccc2)c(=O)cc1CCl. The van der Waals surface area contributed by atoms with E-state index in [1.165, 1.54) is 6.07 Å². The fourth-order valence-corrected chi connectivity index (χ4v) is 2.08. The number of ether oxygens (including phenoxy) is 1. The van der Waals surface area contributed by atoms with Gasteiger partial charge in [0.15, 0.2) is 5.75 Å². The second kappa shape index (κ2) is 6.43. The Morgan fingerprint density at radius 2 is 2.00 bits per heavy atom. The van der Waals surface area contributed by atoms with Crippen LogP contribution >= 0.6 is 11.6 Å². The van der Waals surface area contributed by atoms with E-state index in [2.05, 4.69) is 0 Å². The van der Waals surface area contributed by atoms with Crippen molar-refractivity contribution in [1.82, 2.24) is 4.57 Å². The molecule has 0 fully saturated rings. The summed E-state index contributed by atoms with van der Waals surface area (Å²) in [5.41, 5.74) is 1.71. The predicted octanol–water partition coefficient (Wildman–Crippen LogP) is 3.19. The zero-order chi connectivity index (χ0) is 13.7. The standard InChI is InChI=1S/C15H16ClNO2/c1-2-17-10-15(14(18)8-13(17)9-16)19-11-12-6-4-3-5-7-12/h3-8,10H,2,9,11H2,1H3. The molecule has 2 rings (SSSR count). The van der Waals surface area contributed by atoms with Gasteiger partial charge in [0.25, 0.3) is 0 Å². The van der Waals surface area contributed by atoms with Crippen LogP contribution in [0.1, 0.15) is 18.2 Å². The molecule has 1 aromatic carbocycles. The van der Waals surface area contributed by atoms with E-state index in [1.54, 1.807) is 6.20 Å². The first-order valence-electron chi connectivity index (χ1n) is 6.20. The highest BCUT2D eigenvalue weighted by atomic mass is 35.5. The number of aryl methyl sites for hydroxylation is 1. The first-order valence-corrected chi connectivity index (χ1v) is 6.74. The summed E-state index contributed by atoms with van der Waals surface area (Å²) in [6, 6.07) is 11.3. The maximum atomic E-state index is 11.9. The zero-order valence-electron chi connectivity index (χ0n) is 10.8. The number of hydrogen-bond donors (Lipinski definition) is 0. The molecule has 0 N–H and O–H groups in total. The minimum Gasteiger partial charge on any atom is -0.483 e. The van der Waals surface area contributed by atoms with Crippen molar-refractivity contribution >= 4 is 11.6 Å². The second-order valence-electron chi connectivity index (χ2n) is 4.19. The molecule has 0 spiro atoms. The summed E-state index contributed by atoms with van der Waals surface area (Å²) >= 11 is 5.81. The van der Waals surface area contributed by atoms with Crippen molar-refractivity contribution in [3.8, 4) is 5.75 Å². The number of pyridine rings is 1. The summed E-state index contributed by atoms with van der Waals surface area (Å²) in [6.45, 7) is 3.14. The molecule has 1 aromatic heterocycles. The van der Waals surface area contributed by atoms with Crippen LogP contribution in [0.2, 0.25) is 0 Å². The average molecular weight is 278 g/mol. The number of aromatic nitrogens is 1. The van der Waals surface area contributed by atoms with Gasteiger partial charge in [0.05, 0.1) is 12.1 Å². The molecular formula is C15H16ClNO2. The normalized spacial score (nSPS) is 10.4. The van der Waals surface area contributed by atoms with Crippen molar-refractivity contribution in [2.45, 2.75) is 26.0 Å². The van der Waals surface area contributed by atoms with Crippen molar-refractivity contribution in [2.75, 3.05) is 0 Å². The lowest BCUT2D eigenvalue weighted by Gasteiger charge is -2.12. The smallest absolute Gasteiger partial charge is 0.223 e. The highest BCUT2D eigenvalue weighted by molar-refractivity contribution is 6.16. The van der Waals surface area contributed by atoms with Gasteiger partial charge in [0, 0.05) is 18.3 Å². The van der Waals surface area contributed by atoms with Crippen LogP contribution in [0.5, 0.6) is 5.75 Å². The molecule has 0 amide bonds. The third-order valence-corrected chi connectivity index (χ3v) is 3.17. The Hall–Kier alpha value is -1.74. The highest BCUT2D eigenvalue weighted by Crippen LogP contribution is 2.11. The lowest BCUT2D eigenvalue weighted by atomic mass is 10.2. The van der Waals surface area contributed by atoms with Crippen molar-refractivity contribution < 1.29 is 4.74 Å². The summed E-state index contributed by atoms with van der Waals surface area (Å²) < 4.78 is 7.51. The van der Waals surface area contributed by atoms with Crippen LogP contribution in [0, 0.1) is 0 Å². The molecule has 1 heterocycles. The molecule has 0 saturated heterocycles. The Kier molecular flexibility index (Phi) is 4.63. The minimum atomic E-state index is -0.128. The summed E-state index contributed by atoms with van der Waals surface area (Å²) in [4.78, 5) is 11.9. The van der Waals surface area contributed by atoms with E-state index >= 15 is 0 Å². The van der Waals surface area contributed by atoms with E-state index in [9.17, 15) is 4.79 Å². The Bertz CT molecular complexity index is 593. The van der Waals surface area contributed by atoms with Gasteiger partial charge in [-0.1, -0.05) is 30.3 Å². The summed E-state index contributed by atoms with van der Waals surface area (Å²) in [5.74, 6) is 0.682. The number of benzene rings is 1. The van der Waals surface area contributed by atoms with Gasteiger partial charge >= 0.3 is 0 Å². The van der Waals surface area contributed by atoms with E-state index in [-0.39, 0.29) is 5.43 Å². The maximum Gasteiger partial charge on any atom is 0.223 e. The number of halogens is 1. The third kappa shape index (κ3) is 3.38. The Morgan fingerprint density at radius 3 is 2.63 bits per heavy atom. The van der Waals surface area contributed by atoms with Gasteiger partial charge in [0.1, 0.15) is 6.61 Å². The molecular weight excluding hydrogens is 262 g/mol. The number of rotatable bonds is 5. The van der Waals surface area contributed by atoms with Gasteiger partial charge in [-0.25, -0.2) is 0 Å². The first-order chi connectivity index (χ1) is 9.24. The van der Waals surface area contributed by atoms with Crippen LogP contribution in [-0.4, -0.2) is 4.57 Å². The van der Waals surface area contributed by atoms with Gasteiger partial charge in [-0.2, -0.15) is 0 Å². The molecule has 0 atom stereocenters. The van der Waals surface area contributed by atoms with Crippen molar-refractivity contribution in [2.24, 2.45) is 0 Å². The maximum absolute atomic E-state index is 11.9. The van der Waals surface area contributed by atoms with Crippen LogP contribution in [0.4, 0.5) is 0 Å². The molecule has 0 aliphatic carbocycles. The predicted molar refractivity (Wildman–Crippen MR) is 76.7 cm³/mol. The second-order valence-corrected chi connectivity index (χ2v) is 4.45. The average Bonchev–Trinajstić information content (AvgIpc) is 2.46. The summed E-state index contributed by atoms with van der Waals surface area (Å²) in [7, 11) is 0. The van der Waals surface area contributed by atoms with Crippen molar-refractivity contribution in [3.63, 3.8) is 0 Å². The largest absolute Gasteiger partial charge is 0.483 e. The molecule has 0 aliphatic rings. The molecule has 2 aromatic rings. The topological polar surface area (TPSA) is 31.2 Å². The van der Waals surface area contributed by atoms with Crippen LogP contribution in [0.15, 0.2) is 47.4 Å². The Morgan fingerprint density at radius 1 is 1.26 bits per heavy atom. The van der Waals surface area contributed by atoms with Crippen LogP contribution in [-0.2, 0) is 19.0 Å². The molecule has 0 radical (unpaired) electrons. The number of nitrogens with zero attached hydrogens (tertiary/aromatic N) is 1. The molecule has 100 valence electrons. The van der Waals surface area contributed by atoms with E-state index in [4.69, 9.17) is 16.3 Å². The van der Waals surface area contributed by atoms with Crippen LogP contribution < -0.4 is 10.2 Å². The fraction of sp³-hybridized carbons (Fsp3) is 0.267. The van der Waals surface area contributed by atoms with Gasteiger partial charge < -0.3 is 9.30 Å². The van der Waals surface area contributed by atoms with Gasteiger partial charge in [-0.3, -0.25) is 4.79 Å². The lowest BCUT2D eigenvalue weighted by molar-refractivity contribution is 0.300. The molecule has 19 heavy (non-hydrogen) atoms.